The largest absolute Gasteiger partial charge is 0.314 e. The average molecular weight is 249 g/mol. The molecule has 3 nitrogen and oxygen atoms in total. The van der Waals surface area contributed by atoms with Crippen LogP contribution in [-0.2, 0) is 9.84 Å². The molecule has 0 fully saturated rings. The lowest BCUT2D eigenvalue weighted by molar-refractivity contribution is 0.355. The van der Waals surface area contributed by atoms with Crippen LogP contribution in [0.25, 0.3) is 0 Å². The van der Waals surface area contributed by atoms with Crippen molar-refractivity contribution in [2.45, 2.75) is 53.0 Å². The third-order valence-electron chi connectivity index (χ3n) is 3.29. The minimum absolute atomic E-state index is 0.259. The van der Waals surface area contributed by atoms with E-state index in [1.54, 1.807) is 6.92 Å². The van der Waals surface area contributed by atoms with Crippen LogP contribution in [0.2, 0.25) is 0 Å². The van der Waals surface area contributed by atoms with Gasteiger partial charge >= 0.3 is 0 Å². The molecule has 0 aromatic rings. The highest BCUT2D eigenvalue weighted by Gasteiger charge is 2.13. The number of rotatable bonds is 9. The zero-order chi connectivity index (χ0) is 12.6. The van der Waals surface area contributed by atoms with Gasteiger partial charge in [0, 0.05) is 11.8 Å². The molecule has 4 heteroatoms. The van der Waals surface area contributed by atoms with Crippen molar-refractivity contribution in [2.24, 2.45) is 5.92 Å². The van der Waals surface area contributed by atoms with E-state index in [4.69, 9.17) is 0 Å². The molecule has 16 heavy (non-hydrogen) atoms. The van der Waals surface area contributed by atoms with E-state index in [1.807, 2.05) is 0 Å². The number of hydrogen-bond acceptors (Lipinski definition) is 3. The molecule has 0 aromatic carbocycles. The molecule has 1 unspecified atom stereocenters. The second-order valence-corrected chi connectivity index (χ2v) is 6.88. The van der Waals surface area contributed by atoms with E-state index in [1.165, 1.54) is 12.8 Å². The molecule has 0 spiro atoms. The van der Waals surface area contributed by atoms with Crippen LogP contribution in [-0.4, -0.2) is 32.5 Å². The number of nitrogens with one attached hydrogen (secondary N) is 1. The minimum Gasteiger partial charge on any atom is -0.314 e. The van der Waals surface area contributed by atoms with Crippen molar-refractivity contribution in [3.8, 4) is 0 Å². The molecule has 0 aliphatic carbocycles. The lowest BCUT2D eigenvalue weighted by Gasteiger charge is -2.22. The fourth-order valence-electron chi connectivity index (χ4n) is 1.93. The van der Waals surface area contributed by atoms with E-state index in [9.17, 15) is 8.42 Å². The van der Waals surface area contributed by atoms with Crippen LogP contribution in [0.4, 0.5) is 0 Å². The van der Waals surface area contributed by atoms with E-state index in [0.717, 1.165) is 13.0 Å². The van der Waals surface area contributed by atoms with E-state index in [0.29, 0.717) is 17.7 Å². The van der Waals surface area contributed by atoms with Crippen LogP contribution in [0, 0.1) is 5.92 Å². The molecule has 1 N–H and O–H groups in total. The number of sulfone groups is 1. The summed E-state index contributed by atoms with van der Waals surface area (Å²) in [4.78, 5) is 0. The predicted octanol–water partition coefficient (Wildman–Crippen LogP) is 2.23. The fraction of sp³-hybridized carbons (Fsp3) is 1.00. The molecule has 0 aliphatic rings. The molecule has 0 aliphatic heterocycles. The maximum Gasteiger partial charge on any atom is 0.150 e. The Morgan fingerprint density at radius 1 is 1.12 bits per heavy atom. The molecule has 0 bridgehead atoms. The Bertz CT molecular complexity index is 258. The summed E-state index contributed by atoms with van der Waals surface area (Å²) in [5.74, 6) is 1.27. The maximum absolute atomic E-state index is 11.3. The summed E-state index contributed by atoms with van der Waals surface area (Å²) < 4.78 is 22.5. The Labute approximate surface area is 101 Å². The molecular formula is C12H27NO2S. The van der Waals surface area contributed by atoms with Gasteiger partial charge in [-0.25, -0.2) is 8.42 Å². The van der Waals surface area contributed by atoms with Crippen LogP contribution in [0.1, 0.15) is 47.0 Å². The first-order valence-electron chi connectivity index (χ1n) is 6.40. The molecule has 1 atom stereocenters. The molecule has 0 radical (unpaired) electrons. The van der Waals surface area contributed by atoms with Crippen molar-refractivity contribution in [3.63, 3.8) is 0 Å². The van der Waals surface area contributed by atoms with Crippen molar-refractivity contribution in [3.05, 3.63) is 0 Å². The van der Waals surface area contributed by atoms with E-state index in [2.05, 4.69) is 26.1 Å². The van der Waals surface area contributed by atoms with Gasteiger partial charge in [-0.3, -0.25) is 0 Å². The number of hydrogen-bond donors (Lipinski definition) is 1. The summed E-state index contributed by atoms with van der Waals surface area (Å²) in [7, 11) is -2.79. The predicted molar refractivity (Wildman–Crippen MR) is 70.5 cm³/mol. The smallest absolute Gasteiger partial charge is 0.150 e. The van der Waals surface area contributed by atoms with Gasteiger partial charge in [-0.2, -0.15) is 0 Å². The normalized spacial score (nSPS) is 14.3. The van der Waals surface area contributed by atoms with Crippen molar-refractivity contribution < 1.29 is 8.42 Å². The monoisotopic (exact) mass is 249 g/mol. The van der Waals surface area contributed by atoms with Crippen LogP contribution < -0.4 is 5.32 Å². The summed E-state index contributed by atoms with van der Waals surface area (Å²) in [6.07, 6.45) is 3.08. The average Bonchev–Trinajstić information content (AvgIpc) is 2.26. The summed E-state index contributed by atoms with van der Waals surface area (Å²) >= 11 is 0. The molecule has 0 saturated carbocycles. The van der Waals surface area contributed by atoms with Crippen LogP contribution in [0.3, 0.4) is 0 Å². The quantitative estimate of drug-likeness (QED) is 0.637. The van der Waals surface area contributed by atoms with Gasteiger partial charge < -0.3 is 5.32 Å². The van der Waals surface area contributed by atoms with Gasteiger partial charge in [-0.1, -0.05) is 33.6 Å². The summed E-state index contributed by atoms with van der Waals surface area (Å²) in [5.41, 5.74) is 0. The third kappa shape index (κ3) is 6.48. The van der Waals surface area contributed by atoms with Gasteiger partial charge in [-0.05, 0) is 25.8 Å². The highest BCUT2D eigenvalue weighted by molar-refractivity contribution is 7.91. The first-order valence-corrected chi connectivity index (χ1v) is 8.22. The Kier molecular flexibility index (Phi) is 8.02. The second-order valence-electron chi connectivity index (χ2n) is 4.41. The van der Waals surface area contributed by atoms with E-state index in [-0.39, 0.29) is 5.75 Å². The molecule has 98 valence electrons. The SMILES string of the molecule is CCC(CC)C(C)NCCCS(=O)(=O)CC. The van der Waals surface area contributed by atoms with Crippen LogP contribution in [0.15, 0.2) is 0 Å². The van der Waals surface area contributed by atoms with Crippen LogP contribution in [0.5, 0.6) is 0 Å². The third-order valence-corrected chi connectivity index (χ3v) is 5.08. The topological polar surface area (TPSA) is 46.2 Å². The Morgan fingerprint density at radius 3 is 2.12 bits per heavy atom. The lowest BCUT2D eigenvalue weighted by Crippen LogP contribution is -2.34. The van der Waals surface area contributed by atoms with Crippen LogP contribution >= 0.6 is 0 Å². The van der Waals surface area contributed by atoms with Crippen molar-refractivity contribution >= 4 is 9.84 Å². The highest BCUT2D eigenvalue weighted by Crippen LogP contribution is 2.12. The highest BCUT2D eigenvalue weighted by atomic mass is 32.2. The van der Waals surface area contributed by atoms with E-state index < -0.39 is 9.84 Å². The molecular weight excluding hydrogens is 222 g/mol. The molecule has 0 heterocycles. The van der Waals surface area contributed by atoms with Gasteiger partial charge in [0.2, 0.25) is 0 Å². The zero-order valence-electron chi connectivity index (χ0n) is 11.1. The molecule has 0 rings (SSSR count). The summed E-state index contributed by atoms with van der Waals surface area (Å²) in [6.45, 7) is 9.10. The van der Waals surface area contributed by atoms with Gasteiger partial charge in [0.15, 0.2) is 0 Å². The summed E-state index contributed by atoms with van der Waals surface area (Å²) in [6, 6.07) is 0.485. The minimum atomic E-state index is -2.79. The van der Waals surface area contributed by atoms with Crippen molar-refractivity contribution in [2.75, 3.05) is 18.1 Å². The van der Waals surface area contributed by atoms with Gasteiger partial charge in [0.05, 0.1) is 5.75 Å². The van der Waals surface area contributed by atoms with Crippen molar-refractivity contribution in [1.29, 1.82) is 0 Å². The molecule has 0 aromatic heterocycles. The second kappa shape index (κ2) is 8.07. The Morgan fingerprint density at radius 2 is 1.69 bits per heavy atom. The molecule has 0 amide bonds. The van der Waals surface area contributed by atoms with Gasteiger partial charge in [-0.15, -0.1) is 0 Å². The Hall–Kier alpha value is -0.0900. The fourth-order valence-corrected chi connectivity index (χ4v) is 2.80. The summed E-state index contributed by atoms with van der Waals surface area (Å²) in [5, 5.41) is 3.42. The maximum atomic E-state index is 11.3. The Balaban J connectivity index is 3.74. The molecule has 0 saturated heterocycles. The van der Waals surface area contributed by atoms with Crippen molar-refractivity contribution in [1.82, 2.24) is 5.32 Å². The first kappa shape index (κ1) is 15.9. The van der Waals surface area contributed by atoms with Gasteiger partial charge in [0.25, 0.3) is 0 Å². The zero-order valence-corrected chi connectivity index (χ0v) is 11.9. The van der Waals surface area contributed by atoms with Gasteiger partial charge in [0.1, 0.15) is 9.84 Å². The first-order chi connectivity index (χ1) is 7.46. The van der Waals surface area contributed by atoms with E-state index >= 15 is 0 Å². The standard InChI is InChI=1S/C12H27NO2S/c1-5-12(6-2)11(4)13-9-8-10-16(14,15)7-3/h11-13H,5-10H2,1-4H3. The lowest BCUT2D eigenvalue weighted by atomic mass is 9.95.